The fraction of sp³-hybridized carbons (Fsp3) is 0.643. The van der Waals surface area contributed by atoms with Crippen LogP contribution >= 0.6 is 11.3 Å². The highest BCUT2D eigenvalue weighted by atomic mass is 32.2. The molecule has 8 heteroatoms. The van der Waals surface area contributed by atoms with E-state index < -0.39 is 10.0 Å². The van der Waals surface area contributed by atoms with E-state index in [0.717, 1.165) is 24.2 Å². The van der Waals surface area contributed by atoms with Crippen molar-refractivity contribution in [3.63, 3.8) is 0 Å². The molecular formula is C14H22N2O4S2. The van der Waals surface area contributed by atoms with Gasteiger partial charge in [0.15, 0.2) is 0 Å². The van der Waals surface area contributed by atoms with Crippen LogP contribution in [0.25, 0.3) is 0 Å². The quantitative estimate of drug-likeness (QED) is 0.850. The second-order valence-electron chi connectivity index (χ2n) is 5.29. The molecule has 1 amide bonds. The molecule has 0 spiro atoms. The lowest BCUT2D eigenvalue weighted by atomic mass is 10.2. The van der Waals surface area contributed by atoms with E-state index >= 15 is 0 Å². The molecule has 0 aromatic carbocycles. The van der Waals surface area contributed by atoms with Gasteiger partial charge in [-0.3, -0.25) is 4.79 Å². The van der Waals surface area contributed by atoms with Crippen LogP contribution in [0.3, 0.4) is 0 Å². The molecule has 1 fully saturated rings. The number of amides is 1. The first-order valence-electron chi connectivity index (χ1n) is 7.43. The third-order valence-corrected chi connectivity index (χ3v) is 6.51. The third kappa shape index (κ3) is 3.87. The molecule has 1 saturated heterocycles. The SMILES string of the molecule is CCCC(C)NC(=O)c1sccc1S(=O)(=O)N1CCOCC1. The number of nitrogens with zero attached hydrogens (tertiary/aromatic N) is 1. The molecular weight excluding hydrogens is 324 g/mol. The van der Waals surface area contributed by atoms with Crippen molar-refractivity contribution in [2.75, 3.05) is 26.3 Å². The Kier molecular flexibility index (Phi) is 5.96. The average Bonchev–Trinajstić information content (AvgIpc) is 2.98. The molecule has 1 aliphatic rings. The molecule has 22 heavy (non-hydrogen) atoms. The van der Waals surface area contributed by atoms with Crippen molar-refractivity contribution >= 4 is 27.3 Å². The van der Waals surface area contributed by atoms with Gasteiger partial charge < -0.3 is 10.1 Å². The lowest BCUT2D eigenvalue weighted by Gasteiger charge is -2.26. The van der Waals surface area contributed by atoms with Gasteiger partial charge in [0.05, 0.1) is 13.2 Å². The number of rotatable bonds is 6. The van der Waals surface area contributed by atoms with Gasteiger partial charge in [0.2, 0.25) is 10.0 Å². The number of sulfonamides is 1. The Labute approximate surface area is 135 Å². The van der Waals surface area contributed by atoms with Crippen LogP contribution < -0.4 is 5.32 Å². The summed E-state index contributed by atoms with van der Waals surface area (Å²) in [5.74, 6) is -0.317. The van der Waals surface area contributed by atoms with Gasteiger partial charge in [0.25, 0.3) is 5.91 Å². The van der Waals surface area contributed by atoms with Crippen molar-refractivity contribution in [1.82, 2.24) is 9.62 Å². The number of hydrogen-bond donors (Lipinski definition) is 1. The van der Waals surface area contributed by atoms with Crippen molar-refractivity contribution in [3.05, 3.63) is 16.3 Å². The lowest BCUT2D eigenvalue weighted by Crippen LogP contribution is -2.41. The van der Waals surface area contributed by atoms with E-state index in [0.29, 0.717) is 26.3 Å². The van der Waals surface area contributed by atoms with Crippen LogP contribution in [0.5, 0.6) is 0 Å². The number of hydrogen-bond acceptors (Lipinski definition) is 5. The highest BCUT2D eigenvalue weighted by Crippen LogP contribution is 2.26. The van der Waals surface area contributed by atoms with Crippen LogP contribution in [0.15, 0.2) is 16.3 Å². The first-order chi connectivity index (χ1) is 10.5. The molecule has 1 aromatic heterocycles. The highest BCUT2D eigenvalue weighted by molar-refractivity contribution is 7.89. The lowest BCUT2D eigenvalue weighted by molar-refractivity contribution is 0.0730. The molecule has 0 bridgehead atoms. The van der Waals surface area contributed by atoms with Crippen molar-refractivity contribution in [3.8, 4) is 0 Å². The van der Waals surface area contributed by atoms with Gasteiger partial charge >= 0.3 is 0 Å². The summed E-state index contributed by atoms with van der Waals surface area (Å²) in [6.07, 6.45) is 1.83. The van der Waals surface area contributed by atoms with Crippen LogP contribution in [0.1, 0.15) is 36.4 Å². The maximum Gasteiger partial charge on any atom is 0.262 e. The monoisotopic (exact) mass is 346 g/mol. The second kappa shape index (κ2) is 7.54. The van der Waals surface area contributed by atoms with Gasteiger partial charge in [-0.2, -0.15) is 4.31 Å². The molecule has 1 atom stereocenters. The zero-order chi connectivity index (χ0) is 16.2. The van der Waals surface area contributed by atoms with Crippen LogP contribution in [-0.4, -0.2) is 51.0 Å². The molecule has 0 radical (unpaired) electrons. The topological polar surface area (TPSA) is 75.7 Å². The van der Waals surface area contributed by atoms with E-state index in [4.69, 9.17) is 4.74 Å². The highest BCUT2D eigenvalue weighted by Gasteiger charge is 2.31. The second-order valence-corrected chi connectivity index (χ2v) is 8.12. The Hall–Kier alpha value is -0.960. The minimum Gasteiger partial charge on any atom is -0.379 e. The molecule has 1 unspecified atom stereocenters. The number of carbonyl (C=O) groups excluding carboxylic acids is 1. The molecule has 1 aromatic rings. The van der Waals surface area contributed by atoms with E-state index in [1.54, 1.807) is 5.38 Å². The van der Waals surface area contributed by atoms with E-state index in [9.17, 15) is 13.2 Å². The first kappa shape index (κ1) is 17.4. The van der Waals surface area contributed by atoms with Gasteiger partial charge in [-0.05, 0) is 24.8 Å². The van der Waals surface area contributed by atoms with Crippen LogP contribution in [0, 0.1) is 0 Å². The molecule has 1 aliphatic heterocycles. The smallest absolute Gasteiger partial charge is 0.262 e. The van der Waals surface area contributed by atoms with E-state index in [2.05, 4.69) is 5.32 Å². The maximum absolute atomic E-state index is 12.7. The number of morpholine rings is 1. The van der Waals surface area contributed by atoms with Gasteiger partial charge in [-0.25, -0.2) is 8.42 Å². The van der Waals surface area contributed by atoms with E-state index in [1.807, 2.05) is 13.8 Å². The molecule has 124 valence electrons. The maximum atomic E-state index is 12.7. The zero-order valence-corrected chi connectivity index (χ0v) is 14.5. The zero-order valence-electron chi connectivity index (χ0n) is 12.9. The van der Waals surface area contributed by atoms with E-state index in [-0.39, 0.29) is 21.7 Å². The Morgan fingerprint density at radius 3 is 2.77 bits per heavy atom. The van der Waals surface area contributed by atoms with Gasteiger partial charge in [0.1, 0.15) is 9.77 Å². The Balaban J connectivity index is 2.19. The molecule has 2 heterocycles. The predicted octanol–water partition coefficient (Wildman–Crippen LogP) is 1.69. The van der Waals surface area contributed by atoms with Crippen molar-refractivity contribution in [2.45, 2.75) is 37.6 Å². The van der Waals surface area contributed by atoms with Gasteiger partial charge in [-0.15, -0.1) is 11.3 Å². The summed E-state index contributed by atoms with van der Waals surface area (Å²) in [6.45, 7) is 5.39. The van der Waals surface area contributed by atoms with Crippen molar-refractivity contribution in [2.24, 2.45) is 0 Å². The molecule has 0 saturated carbocycles. The number of thiophene rings is 1. The summed E-state index contributed by atoms with van der Waals surface area (Å²) in [4.78, 5) is 12.7. The van der Waals surface area contributed by atoms with Crippen LogP contribution in [-0.2, 0) is 14.8 Å². The minimum atomic E-state index is -3.64. The minimum absolute atomic E-state index is 0.0264. The molecule has 1 N–H and O–H groups in total. The summed E-state index contributed by atoms with van der Waals surface area (Å²) in [7, 11) is -3.64. The fourth-order valence-electron chi connectivity index (χ4n) is 2.39. The predicted molar refractivity (Wildman–Crippen MR) is 85.7 cm³/mol. The summed E-state index contributed by atoms with van der Waals surface area (Å²) < 4.78 is 31.9. The molecule has 2 rings (SSSR count). The largest absolute Gasteiger partial charge is 0.379 e. The summed E-state index contributed by atoms with van der Waals surface area (Å²) in [5.41, 5.74) is 0. The average molecular weight is 346 g/mol. The fourth-order valence-corrected chi connectivity index (χ4v) is 5.10. The standard InChI is InChI=1S/C14H22N2O4S2/c1-3-4-11(2)15-14(17)13-12(5-10-21-13)22(18,19)16-6-8-20-9-7-16/h5,10-11H,3-4,6-9H2,1-2H3,(H,15,17). The number of ether oxygens (including phenoxy) is 1. The van der Waals surface area contributed by atoms with Crippen molar-refractivity contribution < 1.29 is 17.9 Å². The van der Waals surface area contributed by atoms with E-state index in [1.165, 1.54) is 10.4 Å². The van der Waals surface area contributed by atoms with Crippen LogP contribution in [0.4, 0.5) is 0 Å². The number of nitrogens with one attached hydrogen (secondary N) is 1. The summed E-state index contributed by atoms with van der Waals surface area (Å²) in [5, 5.41) is 4.51. The van der Waals surface area contributed by atoms with Gasteiger partial charge in [0, 0.05) is 19.1 Å². The van der Waals surface area contributed by atoms with Gasteiger partial charge in [-0.1, -0.05) is 13.3 Å². The Morgan fingerprint density at radius 2 is 2.14 bits per heavy atom. The Bertz CT molecular complexity index is 606. The molecule has 0 aliphatic carbocycles. The molecule has 6 nitrogen and oxygen atoms in total. The van der Waals surface area contributed by atoms with Crippen LogP contribution in [0.2, 0.25) is 0 Å². The Morgan fingerprint density at radius 1 is 1.45 bits per heavy atom. The summed E-state index contributed by atoms with van der Waals surface area (Å²) >= 11 is 1.16. The normalized spacial score (nSPS) is 18.1. The first-order valence-corrected chi connectivity index (χ1v) is 9.75. The van der Waals surface area contributed by atoms with Crippen molar-refractivity contribution in [1.29, 1.82) is 0 Å². The number of carbonyl (C=O) groups is 1. The summed E-state index contributed by atoms with van der Waals surface area (Å²) in [6, 6.07) is 1.54. The third-order valence-electron chi connectivity index (χ3n) is 3.52.